The number of rotatable bonds is 4. The van der Waals surface area contributed by atoms with E-state index in [4.69, 9.17) is 4.74 Å². The number of ether oxygens (including phenoxy) is 1. The Morgan fingerprint density at radius 3 is 2.83 bits per heavy atom. The zero-order valence-electron chi connectivity index (χ0n) is 15.6. The SMILES string of the molecule is CC(=O)N[C@@H]1[C@@H](O)[C@H](O)[C@@H](CO)O[C@H]1n1cc(-c2cnc3ccccc3c2)nn1. The van der Waals surface area contributed by atoms with Gasteiger partial charge in [0, 0.05) is 24.1 Å². The molecular weight excluding hydrogens is 378 g/mol. The molecule has 0 spiro atoms. The van der Waals surface area contributed by atoms with Gasteiger partial charge in [0.1, 0.15) is 30.0 Å². The zero-order chi connectivity index (χ0) is 20.5. The molecule has 1 aliphatic heterocycles. The molecule has 0 saturated carbocycles. The number of aromatic nitrogens is 4. The molecule has 3 aromatic rings. The molecule has 4 rings (SSSR count). The highest BCUT2D eigenvalue weighted by Gasteiger charge is 2.46. The highest BCUT2D eigenvalue weighted by Crippen LogP contribution is 2.29. The number of para-hydroxylation sites is 1. The summed E-state index contributed by atoms with van der Waals surface area (Å²) in [7, 11) is 0. The first-order chi connectivity index (χ1) is 14.0. The Kier molecular flexibility index (Phi) is 5.24. The van der Waals surface area contributed by atoms with Crippen LogP contribution < -0.4 is 5.32 Å². The van der Waals surface area contributed by atoms with Crippen molar-refractivity contribution < 1.29 is 24.9 Å². The molecule has 3 heterocycles. The Hall–Kier alpha value is -2.92. The third-order valence-electron chi connectivity index (χ3n) is 4.93. The molecule has 0 radical (unpaired) electrons. The maximum absolute atomic E-state index is 11.6. The van der Waals surface area contributed by atoms with E-state index in [0.29, 0.717) is 5.69 Å². The van der Waals surface area contributed by atoms with Gasteiger partial charge in [-0.2, -0.15) is 0 Å². The Balaban J connectivity index is 1.67. The van der Waals surface area contributed by atoms with Gasteiger partial charge in [0.25, 0.3) is 0 Å². The molecule has 1 fully saturated rings. The smallest absolute Gasteiger partial charge is 0.217 e. The van der Waals surface area contributed by atoms with Crippen molar-refractivity contribution in [1.29, 1.82) is 0 Å². The van der Waals surface area contributed by atoms with Crippen molar-refractivity contribution in [3.8, 4) is 11.3 Å². The molecule has 4 N–H and O–H groups in total. The topological polar surface area (TPSA) is 143 Å². The van der Waals surface area contributed by atoms with Crippen LogP contribution in [0.5, 0.6) is 0 Å². The molecule has 152 valence electrons. The van der Waals surface area contributed by atoms with Crippen molar-refractivity contribution in [2.45, 2.75) is 37.5 Å². The van der Waals surface area contributed by atoms with E-state index >= 15 is 0 Å². The maximum atomic E-state index is 11.6. The number of carbonyl (C=O) groups excluding carboxylic acids is 1. The third kappa shape index (κ3) is 3.70. The molecule has 2 aromatic heterocycles. The van der Waals surface area contributed by atoms with E-state index in [1.54, 1.807) is 12.4 Å². The summed E-state index contributed by atoms with van der Waals surface area (Å²) in [6.45, 7) is 0.791. The fraction of sp³-hybridized carbons (Fsp3) is 0.368. The van der Waals surface area contributed by atoms with Gasteiger partial charge in [-0.05, 0) is 12.1 Å². The largest absolute Gasteiger partial charge is 0.394 e. The number of aliphatic hydroxyl groups is 3. The molecule has 0 aliphatic carbocycles. The molecule has 10 heteroatoms. The predicted molar refractivity (Wildman–Crippen MR) is 101 cm³/mol. The van der Waals surface area contributed by atoms with Gasteiger partial charge in [-0.3, -0.25) is 9.78 Å². The summed E-state index contributed by atoms with van der Waals surface area (Å²) in [5, 5.41) is 41.8. The predicted octanol–water partition coefficient (Wildman–Crippen LogP) is -0.390. The number of amides is 1. The van der Waals surface area contributed by atoms with Gasteiger partial charge in [-0.25, -0.2) is 4.68 Å². The number of aliphatic hydroxyl groups excluding tert-OH is 3. The van der Waals surface area contributed by atoms with Crippen LogP contribution in [0.2, 0.25) is 0 Å². The molecular formula is C19H21N5O5. The maximum Gasteiger partial charge on any atom is 0.217 e. The van der Waals surface area contributed by atoms with E-state index in [9.17, 15) is 20.1 Å². The van der Waals surface area contributed by atoms with E-state index in [1.807, 2.05) is 30.3 Å². The van der Waals surface area contributed by atoms with Gasteiger partial charge >= 0.3 is 0 Å². The minimum Gasteiger partial charge on any atom is -0.394 e. The molecule has 1 saturated heterocycles. The Labute approximate surface area is 165 Å². The second-order valence-corrected chi connectivity index (χ2v) is 6.96. The summed E-state index contributed by atoms with van der Waals surface area (Å²) >= 11 is 0. The Morgan fingerprint density at radius 2 is 2.07 bits per heavy atom. The standard InChI is InChI=1S/C19H21N5O5/c1-10(26)21-16-18(28)17(27)15(9-25)29-19(16)24-8-14(22-23-24)12-6-11-4-2-3-5-13(11)20-7-12/h2-8,15-19,25,27-28H,9H2,1H3,(H,21,26)/t15-,16-,17-,18-,19-/m1/s1. The van der Waals surface area contributed by atoms with Gasteiger partial charge in [0.15, 0.2) is 6.23 Å². The van der Waals surface area contributed by atoms with Gasteiger partial charge in [0.05, 0.1) is 18.3 Å². The summed E-state index contributed by atoms with van der Waals surface area (Å²) in [5.41, 5.74) is 2.11. The lowest BCUT2D eigenvalue weighted by atomic mass is 9.96. The molecule has 5 atom stereocenters. The van der Waals surface area contributed by atoms with Gasteiger partial charge in [-0.15, -0.1) is 5.10 Å². The first-order valence-corrected chi connectivity index (χ1v) is 9.14. The van der Waals surface area contributed by atoms with Crippen molar-refractivity contribution in [3.05, 3.63) is 42.7 Å². The molecule has 0 unspecified atom stereocenters. The second-order valence-electron chi connectivity index (χ2n) is 6.96. The minimum atomic E-state index is -1.36. The molecule has 1 aliphatic rings. The van der Waals surface area contributed by atoms with Gasteiger partial charge in [-0.1, -0.05) is 23.4 Å². The van der Waals surface area contributed by atoms with Crippen molar-refractivity contribution in [3.63, 3.8) is 0 Å². The number of carbonyl (C=O) groups is 1. The summed E-state index contributed by atoms with van der Waals surface area (Å²) in [6, 6.07) is 8.63. The number of nitrogens with zero attached hydrogens (tertiary/aromatic N) is 4. The highest BCUT2D eigenvalue weighted by atomic mass is 16.5. The lowest BCUT2D eigenvalue weighted by Gasteiger charge is -2.42. The normalized spacial score (nSPS) is 27.1. The van der Waals surface area contributed by atoms with E-state index in [-0.39, 0.29) is 0 Å². The summed E-state index contributed by atoms with van der Waals surface area (Å²) in [4.78, 5) is 16.0. The monoisotopic (exact) mass is 399 g/mol. The Morgan fingerprint density at radius 1 is 1.28 bits per heavy atom. The fourth-order valence-electron chi connectivity index (χ4n) is 3.46. The second kappa shape index (κ2) is 7.84. The Bertz CT molecular complexity index is 1020. The average molecular weight is 399 g/mol. The molecule has 29 heavy (non-hydrogen) atoms. The van der Waals surface area contributed by atoms with Crippen LogP contribution in [-0.2, 0) is 9.53 Å². The molecule has 0 bridgehead atoms. The lowest BCUT2D eigenvalue weighted by molar-refractivity contribution is -0.219. The van der Waals surface area contributed by atoms with Crippen molar-refractivity contribution in [2.75, 3.05) is 6.61 Å². The first-order valence-electron chi connectivity index (χ1n) is 9.14. The third-order valence-corrected chi connectivity index (χ3v) is 4.93. The van der Waals surface area contributed by atoms with Crippen LogP contribution in [0.1, 0.15) is 13.2 Å². The summed E-state index contributed by atoms with van der Waals surface area (Å²) in [6.07, 6.45) is -1.44. The number of pyridine rings is 1. The average Bonchev–Trinajstić information content (AvgIpc) is 3.21. The van der Waals surface area contributed by atoms with Crippen LogP contribution in [-0.4, -0.2) is 72.2 Å². The fourth-order valence-corrected chi connectivity index (χ4v) is 3.46. The van der Waals surface area contributed by atoms with Crippen molar-refractivity contribution in [1.82, 2.24) is 25.3 Å². The minimum absolute atomic E-state index is 0.406. The van der Waals surface area contributed by atoms with Crippen LogP contribution in [0.25, 0.3) is 22.2 Å². The number of hydrogen-bond donors (Lipinski definition) is 4. The van der Waals surface area contributed by atoms with Crippen LogP contribution in [0.4, 0.5) is 0 Å². The molecule has 1 aromatic carbocycles. The van der Waals surface area contributed by atoms with Gasteiger partial charge in [0.2, 0.25) is 5.91 Å². The van der Waals surface area contributed by atoms with Crippen molar-refractivity contribution in [2.24, 2.45) is 0 Å². The van der Waals surface area contributed by atoms with Crippen LogP contribution >= 0.6 is 0 Å². The number of hydrogen-bond acceptors (Lipinski definition) is 8. The lowest BCUT2D eigenvalue weighted by Crippen LogP contribution is -2.62. The van der Waals surface area contributed by atoms with Gasteiger partial charge < -0.3 is 25.4 Å². The highest BCUT2D eigenvalue weighted by molar-refractivity contribution is 5.82. The number of nitrogens with one attached hydrogen (secondary N) is 1. The van der Waals surface area contributed by atoms with Crippen LogP contribution in [0.3, 0.4) is 0 Å². The van der Waals surface area contributed by atoms with E-state index < -0.39 is 43.1 Å². The van der Waals surface area contributed by atoms with Crippen LogP contribution in [0.15, 0.2) is 42.7 Å². The van der Waals surface area contributed by atoms with Crippen LogP contribution in [0, 0.1) is 0 Å². The molecule has 10 nitrogen and oxygen atoms in total. The number of fused-ring (bicyclic) bond motifs is 1. The quantitative estimate of drug-likeness (QED) is 0.465. The first kappa shape index (κ1) is 19.4. The summed E-state index contributed by atoms with van der Waals surface area (Å²) in [5.74, 6) is -0.406. The number of benzene rings is 1. The zero-order valence-corrected chi connectivity index (χ0v) is 15.6. The summed E-state index contributed by atoms with van der Waals surface area (Å²) < 4.78 is 7.06. The van der Waals surface area contributed by atoms with E-state index in [2.05, 4.69) is 20.6 Å². The molecule has 1 amide bonds. The van der Waals surface area contributed by atoms with E-state index in [1.165, 1.54) is 11.6 Å². The van der Waals surface area contributed by atoms with E-state index in [0.717, 1.165) is 16.5 Å². The van der Waals surface area contributed by atoms with Crippen molar-refractivity contribution >= 4 is 16.8 Å².